The van der Waals surface area contributed by atoms with E-state index in [1.54, 1.807) is 0 Å². The maximum absolute atomic E-state index is 11.4. The summed E-state index contributed by atoms with van der Waals surface area (Å²) in [5.41, 5.74) is 0.327. The van der Waals surface area contributed by atoms with Crippen LogP contribution in [0.15, 0.2) is 12.2 Å². The monoisotopic (exact) mass is 226 g/mol. The van der Waals surface area contributed by atoms with Gasteiger partial charge in [0.1, 0.15) is 5.60 Å². The molecule has 1 fully saturated rings. The van der Waals surface area contributed by atoms with Gasteiger partial charge in [0.25, 0.3) is 0 Å². The quantitative estimate of drug-likeness (QED) is 0.409. The molecule has 0 aromatic carbocycles. The molecule has 0 amide bonds. The molecule has 1 rings (SSSR count). The Morgan fingerprint density at radius 1 is 1.47 bits per heavy atom. The van der Waals surface area contributed by atoms with Gasteiger partial charge in [-0.15, -0.1) is 0 Å². The molecule has 0 aromatic heterocycles. The van der Waals surface area contributed by atoms with Crippen molar-refractivity contribution < 1.29 is 9.22 Å². The predicted molar refractivity (Wildman–Crippen MR) is 65.4 cm³/mol. The van der Waals surface area contributed by atoms with Crippen molar-refractivity contribution >= 4 is 14.6 Å². The molecule has 86 valence electrons. The first-order chi connectivity index (χ1) is 6.67. The fourth-order valence-electron chi connectivity index (χ4n) is 2.34. The summed E-state index contributed by atoms with van der Waals surface area (Å²) in [5.74, 6) is 0. The Balaban J connectivity index is 2.96. The van der Waals surface area contributed by atoms with Gasteiger partial charge in [0.15, 0.2) is 14.6 Å². The van der Waals surface area contributed by atoms with Crippen LogP contribution in [0.5, 0.6) is 0 Å². The van der Waals surface area contributed by atoms with E-state index in [1.165, 1.54) is 0 Å². The van der Waals surface area contributed by atoms with Crippen molar-refractivity contribution in [3.05, 3.63) is 12.2 Å². The standard InChI is InChI=1S/C12H22O2Si/c1-10(2)12(7-8-12)11(3,9-13)14-15(4,5)6/h9H,1,7-8H2,2-6H3/t11-/m0/s1. The van der Waals surface area contributed by atoms with Gasteiger partial charge in [-0.1, -0.05) is 12.2 Å². The normalized spacial score (nSPS) is 23.0. The minimum absolute atomic E-state index is 0.0883. The zero-order chi connectivity index (χ0) is 11.9. The molecule has 1 aliphatic carbocycles. The van der Waals surface area contributed by atoms with Crippen LogP contribution in [0, 0.1) is 5.41 Å². The van der Waals surface area contributed by atoms with Crippen LogP contribution >= 0.6 is 0 Å². The average molecular weight is 226 g/mol. The first-order valence-electron chi connectivity index (χ1n) is 5.49. The fourth-order valence-corrected chi connectivity index (χ4v) is 3.86. The van der Waals surface area contributed by atoms with Crippen LogP contribution in [-0.4, -0.2) is 20.2 Å². The van der Waals surface area contributed by atoms with E-state index in [2.05, 4.69) is 26.2 Å². The van der Waals surface area contributed by atoms with Gasteiger partial charge >= 0.3 is 0 Å². The molecule has 1 atom stereocenters. The van der Waals surface area contributed by atoms with Gasteiger partial charge in [-0.3, -0.25) is 0 Å². The van der Waals surface area contributed by atoms with Gasteiger partial charge < -0.3 is 9.22 Å². The highest BCUT2D eigenvalue weighted by molar-refractivity contribution is 6.70. The van der Waals surface area contributed by atoms with Crippen molar-refractivity contribution in [2.75, 3.05) is 0 Å². The summed E-state index contributed by atoms with van der Waals surface area (Å²) in [7, 11) is -1.70. The molecular weight excluding hydrogens is 204 g/mol. The van der Waals surface area contributed by atoms with Crippen LogP contribution in [0.4, 0.5) is 0 Å². The molecule has 0 aliphatic heterocycles. The minimum atomic E-state index is -1.70. The summed E-state index contributed by atoms with van der Waals surface area (Å²) in [6.07, 6.45) is 3.04. The number of hydrogen-bond acceptors (Lipinski definition) is 2. The molecule has 3 heteroatoms. The first-order valence-corrected chi connectivity index (χ1v) is 8.90. The summed E-state index contributed by atoms with van der Waals surface area (Å²) < 4.78 is 6.07. The van der Waals surface area contributed by atoms with Crippen LogP contribution in [0.1, 0.15) is 26.7 Å². The minimum Gasteiger partial charge on any atom is -0.405 e. The Morgan fingerprint density at radius 3 is 2.13 bits per heavy atom. The van der Waals surface area contributed by atoms with Gasteiger partial charge in [-0.05, 0) is 46.3 Å². The van der Waals surface area contributed by atoms with Crippen molar-refractivity contribution in [1.29, 1.82) is 0 Å². The molecule has 2 nitrogen and oxygen atoms in total. The van der Waals surface area contributed by atoms with Crippen LogP contribution in [0.2, 0.25) is 19.6 Å². The summed E-state index contributed by atoms with van der Waals surface area (Å²) >= 11 is 0. The fraction of sp³-hybridized carbons (Fsp3) is 0.750. The molecule has 0 aromatic rings. The lowest BCUT2D eigenvalue weighted by atomic mass is 9.82. The van der Waals surface area contributed by atoms with Crippen molar-refractivity contribution in [2.45, 2.75) is 51.9 Å². The van der Waals surface area contributed by atoms with E-state index in [4.69, 9.17) is 4.43 Å². The van der Waals surface area contributed by atoms with Crippen LogP contribution < -0.4 is 0 Å². The second kappa shape index (κ2) is 3.56. The summed E-state index contributed by atoms with van der Waals surface area (Å²) in [4.78, 5) is 11.4. The summed E-state index contributed by atoms with van der Waals surface area (Å²) in [6, 6.07) is 0. The molecule has 0 spiro atoms. The van der Waals surface area contributed by atoms with Crippen molar-refractivity contribution in [2.24, 2.45) is 5.41 Å². The number of hydrogen-bond donors (Lipinski definition) is 0. The number of carbonyl (C=O) groups excluding carboxylic acids is 1. The molecule has 0 bridgehead atoms. The molecule has 0 heterocycles. The smallest absolute Gasteiger partial charge is 0.185 e. The molecule has 0 saturated heterocycles. The summed E-state index contributed by atoms with van der Waals surface area (Å²) in [6.45, 7) is 14.3. The second-order valence-electron chi connectivity index (χ2n) is 5.80. The lowest BCUT2D eigenvalue weighted by molar-refractivity contribution is -0.125. The van der Waals surface area contributed by atoms with E-state index >= 15 is 0 Å². The average Bonchev–Trinajstić information content (AvgIpc) is 2.80. The lowest BCUT2D eigenvalue weighted by Crippen LogP contribution is -2.48. The van der Waals surface area contributed by atoms with E-state index in [0.29, 0.717) is 0 Å². The van der Waals surface area contributed by atoms with E-state index in [-0.39, 0.29) is 5.41 Å². The largest absolute Gasteiger partial charge is 0.405 e. The topological polar surface area (TPSA) is 26.3 Å². The van der Waals surface area contributed by atoms with Gasteiger partial charge in [-0.2, -0.15) is 0 Å². The first kappa shape index (κ1) is 12.7. The van der Waals surface area contributed by atoms with Crippen molar-refractivity contribution in [3.63, 3.8) is 0 Å². The maximum atomic E-state index is 11.4. The Bertz CT molecular complexity index is 286. The molecule has 1 saturated carbocycles. The van der Waals surface area contributed by atoms with E-state index < -0.39 is 13.9 Å². The third kappa shape index (κ3) is 2.23. The Morgan fingerprint density at radius 2 is 1.93 bits per heavy atom. The van der Waals surface area contributed by atoms with Crippen molar-refractivity contribution in [1.82, 2.24) is 0 Å². The van der Waals surface area contributed by atoms with Gasteiger partial charge in [0.2, 0.25) is 0 Å². The third-order valence-electron chi connectivity index (χ3n) is 3.26. The number of carbonyl (C=O) groups is 1. The second-order valence-corrected chi connectivity index (χ2v) is 10.2. The lowest BCUT2D eigenvalue weighted by Gasteiger charge is -2.39. The Labute approximate surface area is 93.8 Å². The number of rotatable bonds is 5. The molecule has 15 heavy (non-hydrogen) atoms. The summed E-state index contributed by atoms with van der Waals surface area (Å²) in [5, 5.41) is 0. The van der Waals surface area contributed by atoms with Crippen molar-refractivity contribution in [3.8, 4) is 0 Å². The zero-order valence-electron chi connectivity index (χ0n) is 10.5. The van der Waals surface area contributed by atoms with E-state index in [1.807, 2.05) is 13.8 Å². The Kier molecular flexibility index (Phi) is 3.00. The number of aldehydes is 1. The third-order valence-corrected chi connectivity index (χ3v) is 4.30. The van der Waals surface area contributed by atoms with Crippen LogP contribution in [0.3, 0.4) is 0 Å². The van der Waals surface area contributed by atoms with Gasteiger partial charge in [-0.25, -0.2) is 0 Å². The van der Waals surface area contributed by atoms with E-state index in [0.717, 1.165) is 24.7 Å². The highest BCUT2D eigenvalue weighted by Gasteiger charge is 2.59. The van der Waals surface area contributed by atoms with Gasteiger partial charge in [0.05, 0.1) is 0 Å². The highest BCUT2D eigenvalue weighted by Crippen LogP contribution is 2.59. The van der Waals surface area contributed by atoms with Gasteiger partial charge in [0, 0.05) is 5.41 Å². The Hall–Kier alpha value is -0.413. The van der Waals surface area contributed by atoms with E-state index in [9.17, 15) is 4.79 Å². The predicted octanol–water partition coefficient (Wildman–Crippen LogP) is 3.15. The maximum Gasteiger partial charge on any atom is 0.185 e. The molecule has 1 aliphatic rings. The molecule has 0 unspecified atom stereocenters. The van der Waals surface area contributed by atoms with Crippen LogP contribution in [0.25, 0.3) is 0 Å². The molecule has 0 N–H and O–H groups in total. The van der Waals surface area contributed by atoms with Crippen LogP contribution in [-0.2, 0) is 9.22 Å². The SMILES string of the molecule is C=C(C)C1([C@](C)(C=O)O[Si](C)(C)C)CC1. The zero-order valence-corrected chi connectivity index (χ0v) is 11.5. The molecule has 0 radical (unpaired) electrons. The highest BCUT2D eigenvalue weighted by atomic mass is 28.4. The molecular formula is C12H22O2Si.